The molecule has 65 valence electrons. The van der Waals surface area contributed by atoms with E-state index in [0.29, 0.717) is 17.6 Å². The summed E-state index contributed by atoms with van der Waals surface area (Å²) in [6.45, 7) is 6.90. The van der Waals surface area contributed by atoms with Crippen molar-refractivity contribution in [3.63, 3.8) is 0 Å². The maximum atomic E-state index is 9.20. The van der Waals surface area contributed by atoms with Crippen molar-refractivity contribution in [1.29, 1.82) is 5.26 Å². The van der Waals surface area contributed by atoms with E-state index in [9.17, 15) is 5.11 Å². The van der Waals surface area contributed by atoms with E-state index in [0.717, 1.165) is 25.8 Å². The van der Waals surface area contributed by atoms with Gasteiger partial charge in [0.25, 0.3) is 0 Å². The number of rotatable bonds is 4. The van der Waals surface area contributed by atoms with Gasteiger partial charge >= 0.3 is 94.5 Å². The predicted octanol–water partition coefficient (Wildman–Crippen LogP) is 2.14. The topological polar surface area (TPSA) is 44.0 Å². The molecule has 0 amide bonds. The Morgan fingerprint density at radius 3 is 2.54 bits per heavy atom. The molecular weight excluding hydrogens is 357 g/mol. The molecule has 0 aliphatic carbocycles. The van der Waals surface area contributed by atoms with Crippen molar-refractivity contribution in [2.75, 3.05) is 0 Å². The molecular formula is C10H10NOPb. The van der Waals surface area contributed by atoms with Gasteiger partial charge in [0.05, 0.1) is 0 Å². The van der Waals surface area contributed by atoms with Crippen molar-refractivity contribution >= 4 is 25.8 Å². The number of aliphatic hydroxyl groups is 1. The number of hydrogen-bond acceptors (Lipinski definition) is 2. The van der Waals surface area contributed by atoms with Crippen LogP contribution in [0.2, 0.25) is 0 Å². The molecule has 0 aromatic heterocycles. The molecule has 0 saturated carbocycles. The zero-order valence-electron chi connectivity index (χ0n) is 7.25. The second-order valence-electron chi connectivity index (χ2n) is 2.26. The van der Waals surface area contributed by atoms with Gasteiger partial charge in [0.1, 0.15) is 0 Å². The average molecular weight is 367 g/mol. The van der Waals surface area contributed by atoms with Crippen LogP contribution in [0.15, 0.2) is 45.9 Å². The van der Waals surface area contributed by atoms with Gasteiger partial charge in [0.2, 0.25) is 0 Å². The SMILES string of the molecule is C=C/C(C#N)=C(/C/C=[CH]/[Pb])C(=C)O. The third-order valence-corrected chi connectivity index (χ3v) is 2.35. The molecule has 0 bridgehead atoms. The molecule has 0 fully saturated rings. The summed E-state index contributed by atoms with van der Waals surface area (Å²) in [6.07, 6.45) is 3.87. The molecule has 1 N–H and O–H groups in total. The predicted molar refractivity (Wildman–Crippen MR) is 54.1 cm³/mol. The molecule has 0 aromatic carbocycles. The van der Waals surface area contributed by atoms with E-state index >= 15 is 0 Å². The van der Waals surface area contributed by atoms with Crippen molar-refractivity contribution in [2.24, 2.45) is 0 Å². The van der Waals surface area contributed by atoms with E-state index < -0.39 is 0 Å². The number of nitriles is 1. The van der Waals surface area contributed by atoms with Gasteiger partial charge in [-0.15, -0.1) is 0 Å². The Morgan fingerprint density at radius 1 is 1.62 bits per heavy atom. The molecule has 0 aliphatic heterocycles. The molecule has 0 rings (SSSR count). The van der Waals surface area contributed by atoms with Gasteiger partial charge < -0.3 is 0 Å². The van der Waals surface area contributed by atoms with E-state index in [1.165, 1.54) is 6.08 Å². The van der Waals surface area contributed by atoms with Crippen LogP contribution in [-0.4, -0.2) is 30.9 Å². The van der Waals surface area contributed by atoms with Crippen molar-refractivity contribution in [3.8, 4) is 6.07 Å². The van der Waals surface area contributed by atoms with E-state index in [1.54, 1.807) is 0 Å². The van der Waals surface area contributed by atoms with Gasteiger partial charge in [-0.2, -0.15) is 0 Å². The fourth-order valence-electron chi connectivity index (χ4n) is 0.796. The minimum absolute atomic E-state index is 0.0591. The Balaban J connectivity index is 4.99. The third kappa shape index (κ3) is 4.08. The number of hydrogen-bond donors (Lipinski definition) is 1. The van der Waals surface area contributed by atoms with E-state index in [-0.39, 0.29) is 5.76 Å². The molecule has 0 atom stereocenters. The molecule has 0 aromatic rings. The first-order chi connectivity index (χ1) is 6.17. The molecule has 3 heteroatoms. The minimum atomic E-state index is -0.0591. The summed E-state index contributed by atoms with van der Waals surface area (Å²) in [7, 11) is 0. The quantitative estimate of drug-likeness (QED) is 0.358. The third-order valence-electron chi connectivity index (χ3n) is 1.44. The van der Waals surface area contributed by atoms with Crippen LogP contribution in [0, 0.1) is 11.3 Å². The van der Waals surface area contributed by atoms with Crippen molar-refractivity contribution in [3.05, 3.63) is 45.9 Å². The van der Waals surface area contributed by atoms with Crippen LogP contribution in [0.1, 0.15) is 6.42 Å². The van der Waals surface area contributed by atoms with E-state index in [1.807, 2.05) is 15.8 Å². The summed E-state index contributed by atoms with van der Waals surface area (Å²) in [5.74, 6) is -0.0591. The zero-order valence-corrected chi connectivity index (χ0v) is 11.1. The second-order valence-corrected chi connectivity index (χ2v) is 3.56. The Kier molecular flexibility index (Phi) is 6.24. The number of allylic oxidation sites excluding steroid dienone is 4. The van der Waals surface area contributed by atoms with Gasteiger partial charge in [0.15, 0.2) is 0 Å². The monoisotopic (exact) mass is 368 g/mol. The first-order valence-electron chi connectivity index (χ1n) is 3.63. The van der Waals surface area contributed by atoms with Crippen LogP contribution in [0.3, 0.4) is 0 Å². The summed E-state index contributed by atoms with van der Waals surface area (Å²) in [6, 6.07) is 1.96. The van der Waals surface area contributed by atoms with Crippen molar-refractivity contribution < 1.29 is 5.11 Å². The molecule has 3 radical (unpaired) electrons. The Hall–Kier alpha value is -0.828. The molecule has 13 heavy (non-hydrogen) atoms. The molecule has 0 saturated heterocycles. The van der Waals surface area contributed by atoms with E-state index in [2.05, 4.69) is 13.2 Å². The van der Waals surface area contributed by atoms with Gasteiger partial charge in [-0.05, 0) is 0 Å². The standard InChI is InChI=1S/C10H10NO.Pb/c1-4-6-10(8(3)12)9(5-2)7-11;/h1,4-5,12H,2-3,6H2;/b4-1?,10-9+;. The van der Waals surface area contributed by atoms with Crippen LogP contribution >= 0.6 is 0 Å². The summed E-state index contributed by atoms with van der Waals surface area (Å²) in [4.78, 5) is 0. The molecule has 0 unspecified atom stereocenters. The molecule has 0 aliphatic rings. The second kappa shape index (κ2) is 6.66. The maximum absolute atomic E-state index is 9.20. The number of nitrogens with zero attached hydrogens (tertiary/aromatic N) is 1. The fourth-order valence-corrected chi connectivity index (χ4v) is 1.25. The van der Waals surface area contributed by atoms with Crippen LogP contribution < -0.4 is 0 Å². The fraction of sp³-hybridized carbons (Fsp3) is 0.100. The normalized spacial score (nSPS) is 12.0. The number of aliphatic hydroxyl groups excluding tert-OH is 1. The molecule has 0 spiro atoms. The van der Waals surface area contributed by atoms with Crippen molar-refractivity contribution in [2.45, 2.75) is 6.42 Å². The van der Waals surface area contributed by atoms with Crippen LogP contribution in [0.5, 0.6) is 0 Å². The van der Waals surface area contributed by atoms with E-state index in [4.69, 9.17) is 5.26 Å². The zero-order chi connectivity index (χ0) is 10.3. The average Bonchev–Trinajstić information content (AvgIpc) is 2.11. The summed E-state index contributed by atoms with van der Waals surface area (Å²) < 4.78 is 1.99. The summed E-state index contributed by atoms with van der Waals surface area (Å²) in [5, 5.41) is 17.9. The first-order valence-corrected chi connectivity index (χ1v) is 5.88. The van der Waals surface area contributed by atoms with Crippen LogP contribution in [0.4, 0.5) is 0 Å². The summed E-state index contributed by atoms with van der Waals surface area (Å²) >= 11 is 0.966. The Bertz CT molecular complexity index is 307. The summed E-state index contributed by atoms with van der Waals surface area (Å²) in [5.41, 5.74) is 0.928. The first kappa shape index (κ1) is 12.2. The van der Waals surface area contributed by atoms with Gasteiger partial charge in [-0.3, -0.25) is 0 Å². The Morgan fingerprint density at radius 2 is 2.23 bits per heavy atom. The van der Waals surface area contributed by atoms with Crippen LogP contribution in [0.25, 0.3) is 0 Å². The van der Waals surface area contributed by atoms with Gasteiger partial charge in [-0.1, -0.05) is 0 Å². The van der Waals surface area contributed by atoms with Crippen LogP contribution in [-0.2, 0) is 0 Å². The van der Waals surface area contributed by atoms with Gasteiger partial charge in [0, 0.05) is 0 Å². The Labute approximate surface area is 94.3 Å². The van der Waals surface area contributed by atoms with Crippen molar-refractivity contribution in [1.82, 2.24) is 0 Å². The molecule has 2 nitrogen and oxygen atoms in total. The van der Waals surface area contributed by atoms with Gasteiger partial charge in [-0.25, -0.2) is 0 Å². The molecule has 0 heterocycles.